The van der Waals surface area contributed by atoms with Crippen molar-refractivity contribution in [3.8, 4) is 0 Å². The Bertz CT molecular complexity index is 538. The third kappa shape index (κ3) is 1.66. The van der Waals surface area contributed by atoms with Gasteiger partial charge in [-0.15, -0.1) is 0 Å². The minimum Gasteiger partial charge on any atom is -0.468 e. The minimum atomic E-state index is -1.18. The van der Waals surface area contributed by atoms with Crippen LogP contribution < -0.4 is 4.90 Å². The number of likely N-dealkylation sites (N-methyl/N-ethyl adjacent to an activating group) is 1. The molecule has 4 heteroatoms. The summed E-state index contributed by atoms with van der Waals surface area (Å²) in [5.41, 5.74) is 1.51. The van der Waals surface area contributed by atoms with Crippen LogP contribution in [0.15, 0.2) is 18.2 Å². The van der Waals surface area contributed by atoms with E-state index in [-0.39, 0.29) is 5.91 Å². The van der Waals surface area contributed by atoms with E-state index in [1.807, 2.05) is 32.0 Å². The summed E-state index contributed by atoms with van der Waals surface area (Å²) in [6, 6.07) is 5.86. The number of methoxy groups -OCH3 is 1. The van der Waals surface area contributed by atoms with Crippen molar-refractivity contribution in [1.29, 1.82) is 0 Å². The molecule has 1 aromatic carbocycles. The minimum absolute atomic E-state index is 0.204. The van der Waals surface area contributed by atoms with E-state index >= 15 is 0 Å². The number of fused-ring (bicyclic) bond motifs is 1. The number of carbonyl (C=O) groups is 2. The Labute approximate surface area is 113 Å². The monoisotopic (exact) mass is 261 g/mol. The fourth-order valence-electron chi connectivity index (χ4n) is 2.81. The maximum Gasteiger partial charge on any atom is 0.326 e. The quantitative estimate of drug-likeness (QED) is 0.618. The predicted octanol–water partition coefficient (Wildman–Crippen LogP) is 2.05. The normalized spacial score (nSPS) is 21.5. The van der Waals surface area contributed by atoms with E-state index in [9.17, 15) is 9.59 Å². The Morgan fingerprint density at radius 3 is 2.58 bits per heavy atom. The van der Waals surface area contributed by atoms with Crippen molar-refractivity contribution >= 4 is 17.6 Å². The lowest BCUT2D eigenvalue weighted by atomic mass is 9.78. The van der Waals surface area contributed by atoms with Crippen LogP contribution in [0.4, 0.5) is 5.69 Å². The van der Waals surface area contributed by atoms with Crippen molar-refractivity contribution in [2.24, 2.45) is 0 Å². The van der Waals surface area contributed by atoms with Gasteiger partial charge >= 0.3 is 5.97 Å². The van der Waals surface area contributed by atoms with Gasteiger partial charge in [0.2, 0.25) is 5.91 Å². The molecule has 1 amide bonds. The number of hydrogen-bond donors (Lipinski definition) is 0. The van der Waals surface area contributed by atoms with Crippen LogP contribution >= 0.6 is 0 Å². The van der Waals surface area contributed by atoms with Crippen molar-refractivity contribution in [3.05, 3.63) is 29.3 Å². The van der Waals surface area contributed by atoms with E-state index in [1.165, 1.54) is 7.11 Å². The van der Waals surface area contributed by atoms with Crippen LogP contribution in [-0.4, -0.2) is 26.0 Å². The van der Waals surface area contributed by atoms with Crippen molar-refractivity contribution in [2.45, 2.75) is 32.1 Å². The van der Waals surface area contributed by atoms with Crippen LogP contribution in [0, 0.1) is 0 Å². The zero-order valence-corrected chi connectivity index (χ0v) is 11.8. The van der Waals surface area contributed by atoms with Crippen LogP contribution in [0.2, 0.25) is 0 Å². The van der Waals surface area contributed by atoms with E-state index in [0.29, 0.717) is 6.42 Å². The smallest absolute Gasteiger partial charge is 0.326 e. The number of anilines is 1. The van der Waals surface area contributed by atoms with Crippen LogP contribution in [0.5, 0.6) is 0 Å². The van der Waals surface area contributed by atoms with E-state index < -0.39 is 11.4 Å². The molecule has 19 heavy (non-hydrogen) atoms. The predicted molar refractivity (Wildman–Crippen MR) is 73.2 cm³/mol. The molecular weight excluding hydrogens is 242 g/mol. The largest absolute Gasteiger partial charge is 0.468 e. The van der Waals surface area contributed by atoms with Crippen LogP contribution in [0.3, 0.4) is 0 Å². The topological polar surface area (TPSA) is 46.6 Å². The van der Waals surface area contributed by atoms with Gasteiger partial charge in [-0.1, -0.05) is 26.0 Å². The van der Waals surface area contributed by atoms with E-state index in [1.54, 1.807) is 11.9 Å². The van der Waals surface area contributed by atoms with Crippen LogP contribution in [-0.2, 0) is 26.2 Å². The van der Waals surface area contributed by atoms with Crippen molar-refractivity contribution in [1.82, 2.24) is 0 Å². The molecule has 0 aliphatic carbocycles. The fraction of sp³-hybridized carbons (Fsp3) is 0.467. The molecule has 0 unspecified atom stereocenters. The lowest BCUT2D eigenvalue weighted by Gasteiger charge is -2.23. The molecule has 0 N–H and O–H groups in total. The second-order valence-electron chi connectivity index (χ2n) is 4.82. The number of carbonyl (C=O) groups excluding carboxylic acids is 2. The Morgan fingerprint density at radius 2 is 2.05 bits per heavy atom. The second kappa shape index (κ2) is 4.68. The van der Waals surface area contributed by atoms with Gasteiger partial charge in [0.05, 0.1) is 7.11 Å². The van der Waals surface area contributed by atoms with E-state index in [2.05, 4.69) is 0 Å². The zero-order chi connectivity index (χ0) is 14.2. The first-order valence-corrected chi connectivity index (χ1v) is 6.52. The Balaban J connectivity index is 2.71. The number of aryl methyl sites for hydroxylation is 1. The number of hydrogen-bond acceptors (Lipinski definition) is 3. The average molecular weight is 261 g/mol. The first-order valence-electron chi connectivity index (χ1n) is 6.52. The highest BCUT2D eigenvalue weighted by molar-refractivity contribution is 6.20. The maximum absolute atomic E-state index is 12.5. The summed E-state index contributed by atoms with van der Waals surface area (Å²) in [5, 5.41) is 0. The SMILES string of the molecule is CCc1ccc2c(c1)[C@](CC)(C(=O)OC)C(=O)N2C. The highest BCUT2D eigenvalue weighted by atomic mass is 16.5. The first-order chi connectivity index (χ1) is 9.02. The summed E-state index contributed by atoms with van der Waals surface area (Å²) in [5.74, 6) is -0.677. The molecule has 0 aromatic heterocycles. The lowest BCUT2D eigenvalue weighted by Crippen LogP contribution is -2.45. The Hall–Kier alpha value is -1.84. The summed E-state index contributed by atoms with van der Waals surface area (Å²) in [6.07, 6.45) is 1.27. The van der Waals surface area contributed by atoms with Gasteiger partial charge in [-0.2, -0.15) is 0 Å². The molecule has 0 radical (unpaired) electrons. The molecule has 0 bridgehead atoms. The van der Waals surface area contributed by atoms with Gasteiger partial charge in [-0.3, -0.25) is 9.59 Å². The number of nitrogens with zero attached hydrogens (tertiary/aromatic N) is 1. The molecular formula is C15H19NO3. The van der Waals surface area contributed by atoms with Crippen molar-refractivity contribution < 1.29 is 14.3 Å². The molecule has 1 aliphatic rings. The third-order valence-corrected chi connectivity index (χ3v) is 4.02. The second-order valence-corrected chi connectivity index (χ2v) is 4.82. The molecule has 1 aliphatic heterocycles. The first kappa shape index (κ1) is 13.6. The zero-order valence-electron chi connectivity index (χ0n) is 11.8. The molecule has 0 saturated heterocycles. The summed E-state index contributed by atoms with van der Waals surface area (Å²) < 4.78 is 4.89. The number of benzene rings is 1. The van der Waals surface area contributed by atoms with Gasteiger partial charge in [0.1, 0.15) is 0 Å². The van der Waals surface area contributed by atoms with E-state index in [4.69, 9.17) is 4.74 Å². The number of amides is 1. The molecule has 1 heterocycles. The van der Waals surface area contributed by atoms with E-state index in [0.717, 1.165) is 23.2 Å². The standard InChI is InChI=1S/C15H19NO3/c1-5-10-7-8-12-11(9-10)15(6-2,14(18)19-4)13(17)16(12)3/h7-9H,5-6H2,1-4H3/t15-/m0/s1. The summed E-state index contributed by atoms with van der Waals surface area (Å²) in [6.45, 7) is 3.89. The number of rotatable bonds is 3. The number of esters is 1. The molecule has 2 rings (SSSR count). The molecule has 1 atom stereocenters. The Kier molecular flexibility index (Phi) is 3.35. The van der Waals surface area contributed by atoms with Gasteiger partial charge in [0.25, 0.3) is 0 Å². The summed E-state index contributed by atoms with van der Waals surface area (Å²) >= 11 is 0. The average Bonchev–Trinajstić information content (AvgIpc) is 2.67. The van der Waals surface area contributed by atoms with Crippen molar-refractivity contribution in [2.75, 3.05) is 19.1 Å². The fourth-order valence-corrected chi connectivity index (χ4v) is 2.81. The lowest BCUT2D eigenvalue weighted by molar-refractivity contribution is -0.151. The summed E-state index contributed by atoms with van der Waals surface area (Å²) in [4.78, 5) is 26.3. The maximum atomic E-state index is 12.5. The van der Waals surface area contributed by atoms with Gasteiger partial charge in [-0.25, -0.2) is 0 Å². The molecule has 0 spiro atoms. The van der Waals surface area contributed by atoms with Gasteiger partial charge in [0, 0.05) is 18.3 Å². The van der Waals surface area contributed by atoms with Gasteiger partial charge < -0.3 is 9.64 Å². The molecule has 0 saturated carbocycles. The molecule has 0 fully saturated rings. The van der Waals surface area contributed by atoms with Crippen LogP contribution in [0.25, 0.3) is 0 Å². The Morgan fingerprint density at radius 1 is 1.37 bits per heavy atom. The third-order valence-electron chi connectivity index (χ3n) is 4.02. The molecule has 4 nitrogen and oxygen atoms in total. The van der Waals surface area contributed by atoms with Crippen LogP contribution in [0.1, 0.15) is 31.4 Å². The molecule has 102 valence electrons. The summed E-state index contributed by atoms with van der Waals surface area (Å²) in [7, 11) is 3.03. The van der Waals surface area contributed by atoms with Crippen molar-refractivity contribution in [3.63, 3.8) is 0 Å². The van der Waals surface area contributed by atoms with Gasteiger partial charge in [-0.05, 0) is 24.5 Å². The highest BCUT2D eigenvalue weighted by Crippen LogP contribution is 2.44. The molecule has 1 aromatic rings. The highest BCUT2D eigenvalue weighted by Gasteiger charge is 2.55. The number of ether oxygens (including phenoxy) is 1. The van der Waals surface area contributed by atoms with Gasteiger partial charge in [0.15, 0.2) is 5.41 Å².